The fraction of sp³-hybridized carbons (Fsp3) is 0.231. The standard InChI is InChI=1S/C13H16BrN3O3/c1-9(8-10-2-4-11(14)5-3-10)12(18)17(20)7-6-16-13(15)19/h2-5,8,20H,6-7H2,1H3,(H3,15,16,19)/b9-8+. The molecule has 108 valence electrons. The summed E-state index contributed by atoms with van der Waals surface area (Å²) < 4.78 is 0.944. The van der Waals surface area contributed by atoms with Gasteiger partial charge < -0.3 is 11.1 Å². The van der Waals surface area contributed by atoms with Crippen LogP contribution in [-0.4, -0.2) is 35.3 Å². The molecule has 4 N–H and O–H groups in total. The summed E-state index contributed by atoms with van der Waals surface area (Å²) in [6.07, 6.45) is 1.67. The molecule has 0 saturated carbocycles. The van der Waals surface area contributed by atoms with Gasteiger partial charge in [0.2, 0.25) is 0 Å². The first-order valence-corrected chi connectivity index (χ1v) is 6.67. The summed E-state index contributed by atoms with van der Waals surface area (Å²) in [6.45, 7) is 1.66. The molecule has 0 aliphatic carbocycles. The van der Waals surface area contributed by atoms with Crippen molar-refractivity contribution < 1.29 is 14.8 Å². The van der Waals surface area contributed by atoms with E-state index < -0.39 is 11.9 Å². The van der Waals surface area contributed by atoms with Crippen LogP contribution < -0.4 is 11.1 Å². The van der Waals surface area contributed by atoms with Crippen molar-refractivity contribution in [3.8, 4) is 0 Å². The maximum absolute atomic E-state index is 11.8. The zero-order chi connectivity index (χ0) is 15.1. The molecule has 3 amide bonds. The minimum atomic E-state index is -0.701. The van der Waals surface area contributed by atoms with E-state index >= 15 is 0 Å². The summed E-state index contributed by atoms with van der Waals surface area (Å²) in [5, 5.41) is 12.4. The van der Waals surface area contributed by atoms with Gasteiger partial charge in [-0.1, -0.05) is 28.1 Å². The van der Waals surface area contributed by atoms with Crippen LogP contribution in [-0.2, 0) is 4.79 Å². The largest absolute Gasteiger partial charge is 0.352 e. The van der Waals surface area contributed by atoms with E-state index in [1.54, 1.807) is 13.0 Å². The Labute approximate surface area is 125 Å². The van der Waals surface area contributed by atoms with Gasteiger partial charge in [-0.25, -0.2) is 9.86 Å². The smallest absolute Gasteiger partial charge is 0.312 e. The van der Waals surface area contributed by atoms with Gasteiger partial charge in [0.1, 0.15) is 0 Å². The lowest BCUT2D eigenvalue weighted by molar-refractivity contribution is -0.159. The summed E-state index contributed by atoms with van der Waals surface area (Å²) in [5.74, 6) is -0.529. The number of primary amides is 1. The molecule has 0 atom stereocenters. The first-order chi connectivity index (χ1) is 9.40. The lowest BCUT2D eigenvalue weighted by Gasteiger charge is -2.15. The molecule has 0 radical (unpaired) electrons. The number of hydroxylamine groups is 2. The quantitative estimate of drug-likeness (QED) is 0.432. The number of nitrogens with two attached hydrogens (primary N) is 1. The predicted octanol–water partition coefficient (Wildman–Crippen LogP) is 1.74. The number of carbonyl (C=O) groups excluding carboxylic acids is 2. The number of benzene rings is 1. The van der Waals surface area contributed by atoms with Crippen molar-refractivity contribution in [2.24, 2.45) is 5.73 Å². The molecule has 0 aliphatic heterocycles. The number of nitrogens with zero attached hydrogens (tertiary/aromatic N) is 1. The molecule has 1 rings (SSSR count). The van der Waals surface area contributed by atoms with Gasteiger partial charge in [-0.3, -0.25) is 10.0 Å². The second-order valence-electron chi connectivity index (χ2n) is 4.10. The summed E-state index contributed by atoms with van der Waals surface area (Å²) in [5.41, 5.74) is 6.11. The molecule has 6 nitrogen and oxygen atoms in total. The number of urea groups is 1. The Morgan fingerprint density at radius 3 is 2.55 bits per heavy atom. The third-order valence-corrected chi connectivity index (χ3v) is 2.98. The van der Waals surface area contributed by atoms with E-state index in [9.17, 15) is 14.8 Å². The minimum absolute atomic E-state index is 0.0344. The van der Waals surface area contributed by atoms with Gasteiger partial charge in [0.05, 0.1) is 6.54 Å². The zero-order valence-corrected chi connectivity index (χ0v) is 12.6. The molecule has 0 spiro atoms. The molecule has 0 saturated heterocycles. The first kappa shape index (κ1) is 16.2. The van der Waals surface area contributed by atoms with Crippen molar-refractivity contribution in [3.05, 3.63) is 39.9 Å². The van der Waals surface area contributed by atoms with Crippen LogP contribution in [0.4, 0.5) is 4.79 Å². The van der Waals surface area contributed by atoms with Gasteiger partial charge in [0, 0.05) is 16.6 Å². The summed E-state index contributed by atoms with van der Waals surface area (Å²) in [4.78, 5) is 22.3. The Hall–Kier alpha value is -1.86. The summed E-state index contributed by atoms with van der Waals surface area (Å²) in [7, 11) is 0. The van der Waals surface area contributed by atoms with Gasteiger partial charge in [-0.15, -0.1) is 0 Å². The first-order valence-electron chi connectivity index (χ1n) is 5.88. The van der Waals surface area contributed by atoms with Gasteiger partial charge >= 0.3 is 6.03 Å². The number of halogens is 1. The predicted molar refractivity (Wildman–Crippen MR) is 78.9 cm³/mol. The second-order valence-corrected chi connectivity index (χ2v) is 5.01. The number of amides is 3. The average molecular weight is 342 g/mol. The summed E-state index contributed by atoms with van der Waals surface area (Å²) >= 11 is 3.32. The van der Waals surface area contributed by atoms with E-state index in [0.717, 1.165) is 10.0 Å². The monoisotopic (exact) mass is 341 g/mol. The van der Waals surface area contributed by atoms with Crippen molar-refractivity contribution in [2.75, 3.05) is 13.1 Å². The SMILES string of the molecule is C/C(=C\c1ccc(Br)cc1)C(=O)N(O)CCNC(N)=O. The fourth-order valence-electron chi connectivity index (χ4n) is 1.46. The Bertz CT molecular complexity index is 514. The van der Waals surface area contributed by atoms with Crippen molar-refractivity contribution >= 4 is 33.9 Å². The van der Waals surface area contributed by atoms with Crippen molar-refractivity contribution in [1.82, 2.24) is 10.4 Å². The highest BCUT2D eigenvalue weighted by atomic mass is 79.9. The molecule has 0 heterocycles. The van der Waals surface area contributed by atoms with Gasteiger partial charge in [0.25, 0.3) is 5.91 Å². The maximum atomic E-state index is 11.8. The highest BCUT2D eigenvalue weighted by Gasteiger charge is 2.12. The van der Waals surface area contributed by atoms with Crippen LogP contribution in [0.5, 0.6) is 0 Å². The van der Waals surface area contributed by atoms with Crippen LogP contribution in [0.15, 0.2) is 34.3 Å². The van der Waals surface area contributed by atoms with Crippen molar-refractivity contribution in [3.63, 3.8) is 0 Å². The Kier molecular flexibility index (Phi) is 6.20. The Morgan fingerprint density at radius 1 is 1.40 bits per heavy atom. The lowest BCUT2D eigenvalue weighted by atomic mass is 10.1. The average Bonchev–Trinajstić information content (AvgIpc) is 2.39. The highest BCUT2D eigenvalue weighted by molar-refractivity contribution is 9.10. The summed E-state index contributed by atoms with van der Waals surface area (Å²) in [6, 6.07) is 6.70. The van der Waals surface area contributed by atoms with Gasteiger partial charge in [-0.05, 0) is 30.7 Å². The van der Waals surface area contributed by atoms with Crippen LogP contribution in [0.1, 0.15) is 12.5 Å². The Balaban J connectivity index is 2.61. The van der Waals surface area contributed by atoms with Crippen LogP contribution in [0.3, 0.4) is 0 Å². The third-order valence-electron chi connectivity index (χ3n) is 2.45. The Morgan fingerprint density at radius 2 is 2.00 bits per heavy atom. The van der Waals surface area contributed by atoms with Crippen LogP contribution in [0, 0.1) is 0 Å². The number of hydrogen-bond acceptors (Lipinski definition) is 3. The molecule has 1 aromatic rings. The fourth-order valence-corrected chi connectivity index (χ4v) is 1.73. The van der Waals surface area contributed by atoms with Gasteiger partial charge in [-0.2, -0.15) is 0 Å². The molecule has 20 heavy (non-hydrogen) atoms. The van der Waals surface area contributed by atoms with Crippen molar-refractivity contribution in [2.45, 2.75) is 6.92 Å². The van der Waals surface area contributed by atoms with E-state index in [0.29, 0.717) is 10.6 Å². The number of carbonyl (C=O) groups is 2. The molecular weight excluding hydrogens is 326 g/mol. The maximum Gasteiger partial charge on any atom is 0.312 e. The lowest BCUT2D eigenvalue weighted by Crippen LogP contribution is -2.38. The van der Waals surface area contributed by atoms with E-state index in [1.807, 2.05) is 24.3 Å². The molecule has 0 aromatic heterocycles. The van der Waals surface area contributed by atoms with E-state index in [1.165, 1.54) is 0 Å². The second kappa shape index (κ2) is 7.66. The third kappa shape index (κ3) is 5.41. The molecule has 1 aromatic carbocycles. The zero-order valence-electron chi connectivity index (χ0n) is 11.0. The number of hydrogen-bond donors (Lipinski definition) is 3. The highest BCUT2D eigenvalue weighted by Crippen LogP contribution is 2.13. The normalized spacial score (nSPS) is 11.1. The van der Waals surface area contributed by atoms with E-state index in [-0.39, 0.29) is 13.1 Å². The van der Waals surface area contributed by atoms with E-state index in [4.69, 9.17) is 5.73 Å². The van der Waals surface area contributed by atoms with Crippen LogP contribution in [0.2, 0.25) is 0 Å². The molecular formula is C13H16BrN3O3. The molecule has 0 unspecified atom stereocenters. The van der Waals surface area contributed by atoms with Crippen LogP contribution in [0.25, 0.3) is 6.08 Å². The number of rotatable bonds is 5. The topological polar surface area (TPSA) is 95.7 Å². The van der Waals surface area contributed by atoms with Crippen LogP contribution >= 0.6 is 15.9 Å². The van der Waals surface area contributed by atoms with Gasteiger partial charge in [0.15, 0.2) is 0 Å². The number of nitrogens with one attached hydrogen (secondary N) is 1. The molecule has 0 bridgehead atoms. The van der Waals surface area contributed by atoms with E-state index in [2.05, 4.69) is 21.2 Å². The molecule has 0 fully saturated rings. The van der Waals surface area contributed by atoms with Crippen molar-refractivity contribution in [1.29, 1.82) is 0 Å². The molecule has 7 heteroatoms. The minimum Gasteiger partial charge on any atom is -0.352 e. The molecule has 0 aliphatic rings.